The highest BCUT2D eigenvalue weighted by Gasteiger charge is 2.11. The summed E-state index contributed by atoms with van der Waals surface area (Å²) in [6.45, 7) is 4.27. The van der Waals surface area contributed by atoms with E-state index in [1.807, 2.05) is 30.3 Å². The van der Waals surface area contributed by atoms with Crippen molar-refractivity contribution < 1.29 is 5.11 Å². The number of para-hydroxylation sites is 1. The van der Waals surface area contributed by atoms with Gasteiger partial charge in [0.25, 0.3) is 0 Å². The molecule has 94 valence electrons. The molecule has 17 heavy (non-hydrogen) atoms. The number of hydrogen-bond donors (Lipinski definition) is 3. The molecule has 0 aromatic heterocycles. The third-order valence-electron chi connectivity index (χ3n) is 2.55. The number of hydrogen-bond acceptors (Lipinski definition) is 2. The fourth-order valence-electron chi connectivity index (χ4n) is 1.56. The van der Waals surface area contributed by atoms with Crippen molar-refractivity contribution in [3.8, 4) is 0 Å². The Morgan fingerprint density at radius 2 is 2.00 bits per heavy atom. The number of aliphatic imine (C=N–C) groups is 1. The average molecular weight is 235 g/mol. The second-order valence-corrected chi connectivity index (χ2v) is 4.33. The molecular weight excluding hydrogens is 214 g/mol. The lowest BCUT2D eigenvalue weighted by molar-refractivity contribution is 0.262. The first kappa shape index (κ1) is 13.5. The van der Waals surface area contributed by atoms with E-state index in [1.165, 1.54) is 0 Å². The van der Waals surface area contributed by atoms with E-state index < -0.39 is 0 Å². The minimum Gasteiger partial charge on any atom is -0.396 e. The minimum absolute atomic E-state index is 0.0520. The summed E-state index contributed by atoms with van der Waals surface area (Å²) < 4.78 is 0. The fraction of sp³-hybridized carbons (Fsp3) is 0.462. The van der Waals surface area contributed by atoms with Crippen LogP contribution in [0.25, 0.3) is 0 Å². The monoisotopic (exact) mass is 235 g/mol. The summed E-state index contributed by atoms with van der Waals surface area (Å²) >= 11 is 0. The molecular formula is C13H21N3O. The number of anilines is 1. The van der Waals surface area contributed by atoms with Gasteiger partial charge in [-0.05, 0) is 24.5 Å². The molecule has 0 aliphatic carbocycles. The lowest BCUT2D eigenvalue weighted by Gasteiger charge is -2.16. The zero-order chi connectivity index (χ0) is 12.7. The predicted molar refractivity (Wildman–Crippen MR) is 72.0 cm³/mol. The number of rotatable bonds is 5. The molecule has 4 N–H and O–H groups in total. The zero-order valence-electron chi connectivity index (χ0n) is 10.4. The molecule has 1 rings (SSSR count). The smallest absolute Gasteiger partial charge is 0.193 e. The molecule has 4 heteroatoms. The number of benzene rings is 1. The predicted octanol–water partition coefficient (Wildman–Crippen LogP) is 1.82. The third kappa shape index (κ3) is 4.87. The normalized spacial score (nSPS) is 13.8. The molecule has 4 nitrogen and oxygen atoms in total. The molecule has 0 spiro atoms. The number of nitrogens with one attached hydrogen (secondary N) is 1. The summed E-state index contributed by atoms with van der Waals surface area (Å²) in [5.74, 6) is 0.752. The molecule has 0 saturated carbocycles. The van der Waals surface area contributed by atoms with E-state index in [1.54, 1.807) is 0 Å². The van der Waals surface area contributed by atoms with Crippen molar-refractivity contribution in [3.63, 3.8) is 0 Å². The van der Waals surface area contributed by atoms with Crippen LogP contribution in [0.2, 0.25) is 0 Å². The Hall–Kier alpha value is -1.55. The Bertz CT molecular complexity index is 349. The maximum Gasteiger partial charge on any atom is 0.193 e. The third-order valence-corrected chi connectivity index (χ3v) is 2.55. The first-order valence-electron chi connectivity index (χ1n) is 5.89. The lowest BCUT2D eigenvalue weighted by Crippen LogP contribution is -2.27. The van der Waals surface area contributed by atoms with E-state index in [0.29, 0.717) is 18.3 Å². The largest absolute Gasteiger partial charge is 0.396 e. The molecule has 0 bridgehead atoms. The van der Waals surface area contributed by atoms with Crippen molar-refractivity contribution in [3.05, 3.63) is 30.3 Å². The highest BCUT2D eigenvalue weighted by Crippen LogP contribution is 2.11. The Labute approximate surface area is 103 Å². The first-order valence-corrected chi connectivity index (χ1v) is 5.89. The molecule has 0 heterocycles. The summed E-state index contributed by atoms with van der Waals surface area (Å²) in [6.07, 6.45) is 0.634. The van der Waals surface area contributed by atoms with Gasteiger partial charge in [0, 0.05) is 12.3 Å². The van der Waals surface area contributed by atoms with Crippen LogP contribution in [0.3, 0.4) is 0 Å². The van der Waals surface area contributed by atoms with Gasteiger partial charge in [-0.25, -0.2) is 4.99 Å². The first-order chi connectivity index (χ1) is 8.13. The van der Waals surface area contributed by atoms with Crippen molar-refractivity contribution in [2.24, 2.45) is 16.6 Å². The quantitative estimate of drug-likeness (QED) is 0.538. The van der Waals surface area contributed by atoms with Crippen molar-refractivity contribution >= 4 is 11.6 Å². The van der Waals surface area contributed by atoms with Gasteiger partial charge in [0.1, 0.15) is 0 Å². The van der Waals surface area contributed by atoms with Gasteiger partial charge in [0.15, 0.2) is 5.96 Å². The molecule has 0 radical (unpaired) electrons. The molecule has 0 saturated heterocycles. The van der Waals surface area contributed by atoms with Crippen LogP contribution in [0.1, 0.15) is 20.3 Å². The van der Waals surface area contributed by atoms with Crippen LogP contribution in [-0.4, -0.2) is 23.7 Å². The van der Waals surface area contributed by atoms with Gasteiger partial charge in [-0.3, -0.25) is 0 Å². The van der Waals surface area contributed by atoms with Gasteiger partial charge in [-0.15, -0.1) is 0 Å². The summed E-state index contributed by atoms with van der Waals surface area (Å²) in [5.41, 5.74) is 6.75. The van der Waals surface area contributed by atoms with Crippen LogP contribution in [0.15, 0.2) is 35.3 Å². The second-order valence-electron chi connectivity index (χ2n) is 4.33. The number of aliphatic hydroxyl groups excluding tert-OH is 1. The van der Waals surface area contributed by atoms with E-state index in [0.717, 1.165) is 5.69 Å². The standard InChI is InChI=1S/C13H21N3O/c1-10(2)12(8-9-17)16-13(14)15-11-6-4-3-5-7-11/h3-7,10,12,17H,8-9H2,1-2H3,(H3,14,15,16). The summed E-state index contributed by atoms with van der Waals surface area (Å²) in [6, 6.07) is 9.72. The summed E-state index contributed by atoms with van der Waals surface area (Å²) in [7, 11) is 0. The molecule has 1 unspecified atom stereocenters. The van der Waals surface area contributed by atoms with Crippen LogP contribution in [-0.2, 0) is 0 Å². The number of nitrogens with zero attached hydrogens (tertiary/aromatic N) is 1. The highest BCUT2D eigenvalue weighted by atomic mass is 16.3. The van der Waals surface area contributed by atoms with Crippen LogP contribution < -0.4 is 11.1 Å². The Morgan fingerprint density at radius 3 is 2.53 bits per heavy atom. The van der Waals surface area contributed by atoms with Crippen molar-refractivity contribution in [1.82, 2.24) is 0 Å². The molecule has 0 aliphatic rings. The van der Waals surface area contributed by atoms with Gasteiger partial charge < -0.3 is 16.2 Å². The molecule has 1 aromatic carbocycles. The van der Waals surface area contributed by atoms with Gasteiger partial charge >= 0.3 is 0 Å². The van der Waals surface area contributed by atoms with E-state index >= 15 is 0 Å². The van der Waals surface area contributed by atoms with Gasteiger partial charge in [0.05, 0.1) is 6.04 Å². The molecule has 0 aliphatic heterocycles. The van der Waals surface area contributed by atoms with E-state index in [4.69, 9.17) is 10.8 Å². The Morgan fingerprint density at radius 1 is 1.35 bits per heavy atom. The highest BCUT2D eigenvalue weighted by molar-refractivity contribution is 5.92. The second kappa shape index (κ2) is 6.91. The minimum atomic E-state index is 0.0520. The van der Waals surface area contributed by atoms with Crippen LogP contribution in [0.5, 0.6) is 0 Å². The van der Waals surface area contributed by atoms with Crippen molar-refractivity contribution in [2.75, 3.05) is 11.9 Å². The number of nitrogens with two attached hydrogens (primary N) is 1. The van der Waals surface area contributed by atoms with Crippen molar-refractivity contribution in [2.45, 2.75) is 26.3 Å². The van der Waals surface area contributed by atoms with Gasteiger partial charge in [-0.2, -0.15) is 0 Å². The van der Waals surface area contributed by atoms with E-state index in [2.05, 4.69) is 24.2 Å². The molecule has 0 amide bonds. The lowest BCUT2D eigenvalue weighted by atomic mass is 10.0. The average Bonchev–Trinajstić information content (AvgIpc) is 2.29. The van der Waals surface area contributed by atoms with Crippen molar-refractivity contribution in [1.29, 1.82) is 0 Å². The summed E-state index contributed by atoms with van der Waals surface area (Å²) in [4.78, 5) is 4.38. The topological polar surface area (TPSA) is 70.6 Å². The zero-order valence-corrected chi connectivity index (χ0v) is 10.4. The maximum atomic E-state index is 8.96. The van der Waals surface area contributed by atoms with Crippen LogP contribution in [0, 0.1) is 5.92 Å². The SMILES string of the molecule is CC(C)C(CCO)N=C(N)Nc1ccccc1. The van der Waals surface area contributed by atoms with Gasteiger partial charge in [0.2, 0.25) is 0 Å². The molecule has 0 fully saturated rings. The summed E-state index contributed by atoms with van der Waals surface area (Å²) in [5, 5.41) is 12.0. The van der Waals surface area contributed by atoms with E-state index in [9.17, 15) is 0 Å². The Kier molecular flexibility index (Phi) is 5.49. The number of aliphatic hydroxyl groups is 1. The number of guanidine groups is 1. The van der Waals surface area contributed by atoms with Gasteiger partial charge in [-0.1, -0.05) is 32.0 Å². The van der Waals surface area contributed by atoms with Crippen LogP contribution >= 0.6 is 0 Å². The Balaban J connectivity index is 2.64. The van der Waals surface area contributed by atoms with E-state index in [-0.39, 0.29) is 12.6 Å². The molecule has 1 aromatic rings. The maximum absolute atomic E-state index is 8.96. The molecule has 1 atom stereocenters. The fourth-order valence-corrected chi connectivity index (χ4v) is 1.56. The van der Waals surface area contributed by atoms with Crippen LogP contribution in [0.4, 0.5) is 5.69 Å².